The van der Waals surface area contributed by atoms with Gasteiger partial charge in [0.1, 0.15) is 0 Å². The highest BCUT2D eigenvalue weighted by Crippen LogP contribution is 2.61. The van der Waals surface area contributed by atoms with Gasteiger partial charge in [0.05, 0.1) is 6.61 Å². The van der Waals surface area contributed by atoms with E-state index in [9.17, 15) is 4.79 Å². The number of benzene rings is 1. The summed E-state index contributed by atoms with van der Waals surface area (Å²) in [6, 6.07) is 8.61. The fourth-order valence-electron chi connectivity index (χ4n) is 3.64. The van der Waals surface area contributed by atoms with Crippen molar-refractivity contribution in [1.29, 1.82) is 0 Å². The first-order valence-electron chi connectivity index (χ1n) is 7.84. The molecule has 0 bridgehead atoms. The number of methoxy groups -OCH3 is 1. The van der Waals surface area contributed by atoms with Crippen LogP contribution in [-0.4, -0.2) is 39.3 Å². The minimum Gasteiger partial charge on any atom is -0.383 e. The molecule has 2 aliphatic carbocycles. The monoisotopic (exact) mass is 288 g/mol. The number of hydrogen-bond acceptors (Lipinski definition) is 3. The lowest BCUT2D eigenvalue weighted by atomic mass is 9.95. The van der Waals surface area contributed by atoms with Gasteiger partial charge in [-0.25, -0.2) is 0 Å². The van der Waals surface area contributed by atoms with Crippen molar-refractivity contribution in [3.8, 4) is 0 Å². The zero-order chi connectivity index (χ0) is 14.7. The summed E-state index contributed by atoms with van der Waals surface area (Å²) >= 11 is 0. The van der Waals surface area contributed by atoms with Crippen molar-refractivity contribution in [1.82, 2.24) is 10.6 Å². The van der Waals surface area contributed by atoms with Crippen molar-refractivity contribution < 1.29 is 9.53 Å². The van der Waals surface area contributed by atoms with Crippen LogP contribution in [0.25, 0.3) is 0 Å². The predicted octanol–water partition coefficient (Wildman–Crippen LogP) is 1.24. The maximum absolute atomic E-state index is 12.3. The summed E-state index contributed by atoms with van der Waals surface area (Å²) in [5.41, 5.74) is 3.02. The lowest BCUT2D eigenvalue weighted by molar-refractivity contribution is -0.122. The van der Waals surface area contributed by atoms with E-state index in [-0.39, 0.29) is 17.2 Å². The van der Waals surface area contributed by atoms with E-state index >= 15 is 0 Å². The van der Waals surface area contributed by atoms with Crippen LogP contribution in [0, 0.1) is 5.92 Å². The number of amides is 1. The molecular formula is C17H24N2O2. The highest BCUT2D eigenvalue weighted by molar-refractivity contribution is 5.85. The fraction of sp³-hybridized carbons (Fsp3) is 0.588. The number of carbonyl (C=O) groups excluding carboxylic acids is 1. The Bertz CT molecular complexity index is 517. The average Bonchev–Trinajstić information content (AvgIpc) is 3.13. The van der Waals surface area contributed by atoms with Gasteiger partial charge in [-0.2, -0.15) is 0 Å². The van der Waals surface area contributed by atoms with E-state index < -0.39 is 0 Å². The van der Waals surface area contributed by atoms with Crippen LogP contribution in [0.4, 0.5) is 0 Å². The normalized spacial score (nSPS) is 25.9. The van der Waals surface area contributed by atoms with E-state index in [1.165, 1.54) is 11.1 Å². The Balaban J connectivity index is 1.46. The maximum atomic E-state index is 12.3. The van der Waals surface area contributed by atoms with Crippen LogP contribution in [-0.2, 0) is 21.4 Å². The fourth-order valence-corrected chi connectivity index (χ4v) is 3.64. The van der Waals surface area contributed by atoms with Gasteiger partial charge in [0.15, 0.2) is 0 Å². The number of hydrogen-bond donors (Lipinski definition) is 2. The van der Waals surface area contributed by atoms with Crippen molar-refractivity contribution in [2.45, 2.75) is 24.7 Å². The van der Waals surface area contributed by atoms with E-state index in [1.807, 2.05) is 0 Å². The second-order valence-electron chi connectivity index (χ2n) is 6.10. The van der Waals surface area contributed by atoms with E-state index in [4.69, 9.17) is 4.74 Å². The van der Waals surface area contributed by atoms with Crippen LogP contribution in [0.15, 0.2) is 24.3 Å². The molecule has 0 heterocycles. The minimum atomic E-state index is 0.157. The third kappa shape index (κ3) is 2.83. The van der Waals surface area contributed by atoms with Gasteiger partial charge in [-0.1, -0.05) is 24.3 Å². The van der Waals surface area contributed by atoms with Gasteiger partial charge < -0.3 is 15.4 Å². The SMILES string of the molecule is COCCNCCNC(=O)C1CC12CCc1ccccc12. The topological polar surface area (TPSA) is 50.4 Å². The first kappa shape index (κ1) is 14.5. The Kier molecular flexibility index (Phi) is 4.27. The van der Waals surface area contributed by atoms with E-state index in [2.05, 4.69) is 34.9 Å². The maximum Gasteiger partial charge on any atom is 0.224 e. The molecule has 21 heavy (non-hydrogen) atoms. The van der Waals surface area contributed by atoms with Crippen molar-refractivity contribution >= 4 is 5.91 Å². The third-order valence-corrected chi connectivity index (χ3v) is 4.87. The van der Waals surface area contributed by atoms with Gasteiger partial charge in [-0.05, 0) is 30.4 Å². The summed E-state index contributed by atoms with van der Waals surface area (Å²) in [5, 5.41) is 6.30. The highest BCUT2D eigenvalue weighted by atomic mass is 16.5. The smallest absolute Gasteiger partial charge is 0.224 e. The summed E-state index contributed by atoms with van der Waals surface area (Å²) < 4.78 is 4.96. The molecule has 3 rings (SSSR count). The molecule has 0 saturated heterocycles. The number of carbonyl (C=O) groups is 1. The van der Waals surface area contributed by atoms with Crippen molar-refractivity contribution in [3.05, 3.63) is 35.4 Å². The zero-order valence-corrected chi connectivity index (χ0v) is 12.7. The lowest BCUT2D eigenvalue weighted by Gasteiger charge is -2.12. The average molecular weight is 288 g/mol. The molecule has 4 heteroatoms. The summed E-state index contributed by atoms with van der Waals surface area (Å²) in [6.45, 7) is 3.02. The minimum absolute atomic E-state index is 0.157. The van der Waals surface area contributed by atoms with Crippen LogP contribution >= 0.6 is 0 Å². The largest absolute Gasteiger partial charge is 0.383 e. The molecule has 0 aliphatic heterocycles. The molecule has 1 spiro atoms. The Morgan fingerprint density at radius 2 is 2.19 bits per heavy atom. The van der Waals surface area contributed by atoms with Gasteiger partial charge in [-0.3, -0.25) is 4.79 Å². The number of aryl methyl sites for hydroxylation is 1. The van der Waals surface area contributed by atoms with Crippen LogP contribution in [0.3, 0.4) is 0 Å². The van der Waals surface area contributed by atoms with E-state index in [0.717, 1.165) is 32.4 Å². The van der Waals surface area contributed by atoms with Gasteiger partial charge in [-0.15, -0.1) is 0 Å². The third-order valence-electron chi connectivity index (χ3n) is 4.87. The van der Waals surface area contributed by atoms with Gasteiger partial charge in [0.2, 0.25) is 5.91 Å². The standard InChI is InChI=1S/C17H24N2O2/c1-21-11-10-18-8-9-19-16(20)15-12-17(15)7-6-13-4-2-3-5-14(13)17/h2-5,15,18H,6-12H2,1H3,(H,19,20). The molecule has 2 atom stereocenters. The quantitative estimate of drug-likeness (QED) is 0.742. The number of nitrogens with one attached hydrogen (secondary N) is 2. The number of fused-ring (bicyclic) bond motifs is 2. The molecule has 0 aromatic heterocycles. The summed E-state index contributed by atoms with van der Waals surface area (Å²) in [6.07, 6.45) is 3.28. The molecule has 4 nitrogen and oxygen atoms in total. The van der Waals surface area contributed by atoms with Crippen molar-refractivity contribution in [2.24, 2.45) is 5.92 Å². The first-order valence-corrected chi connectivity index (χ1v) is 7.84. The molecular weight excluding hydrogens is 264 g/mol. The molecule has 0 radical (unpaired) electrons. The molecule has 1 saturated carbocycles. The van der Waals surface area contributed by atoms with Crippen molar-refractivity contribution in [2.75, 3.05) is 33.4 Å². The van der Waals surface area contributed by atoms with Crippen LogP contribution < -0.4 is 10.6 Å². The molecule has 1 amide bonds. The van der Waals surface area contributed by atoms with Crippen molar-refractivity contribution in [3.63, 3.8) is 0 Å². The Hall–Kier alpha value is -1.39. The summed E-state index contributed by atoms with van der Waals surface area (Å²) in [4.78, 5) is 12.3. The molecule has 2 N–H and O–H groups in total. The second-order valence-corrected chi connectivity index (χ2v) is 6.10. The van der Waals surface area contributed by atoms with Gasteiger partial charge in [0.25, 0.3) is 0 Å². The van der Waals surface area contributed by atoms with Crippen LogP contribution in [0.2, 0.25) is 0 Å². The molecule has 1 aromatic carbocycles. The molecule has 2 unspecified atom stereocenters. The van der Waals surface area contributed by atoms with E-state index in [1.54, 1.807) is 7.11 Å². The second kappa shape index (κ2) is 6.16. The number of ether oxygens (including phenoxy) is 1. The zero-order valence-electron chi connectivity index (χ0n) is 12.7. The Morgan fingerprint density at radius 1 is 1.33 bits per heavy atom. The summed E-state index contributed by atoms with van der Waals surface area (Å²) in [7, 11) is 1.69. The summed E-state index contributed by atoms with van der Waals surface area (Å²) in [5.74, 6) is 0.403. The van der Waals surface area contributed by atoms with Crippen LogP contribution in [0.5, 0.6) is 0 Å². The first-order chi connectivity index (χ1) is 10.3. The Morgan fingerprint density at radius 3 is 3.05 bits per heavy atom. The van der Waals surface area contributed by atoms with Gasteiger partial charge in [0, 0.05) is 38.1 Å². The molecule has 1 fully saturated rings. The predicted molar refractivity (Wildman–Crippen MR) is 82.3 cm³/mol. The molecule has 114 valence electrons. The lowest BCUT2D eigenvalue weighted by Crippen LogP contribution is -2.35. The highest BCUT2D eigenvalue weighted by Gasteiger charge is 2.61. The van der Waals surface area contributed by atoms with Gasteiger partial charge >= 0.3 is 0 Å². The van der Waals surface area contributed by atoms with E-state index in [0.29, 0.717) is 13.2 Å². The molecule has 1 aromatic rings. The molecule has 2 aliphatic rings. The van der Waals surface area contributed by atoms with Crippen LogP contribution in [0.1, 0.15) is 24.0 Å². The number of rotatable bonds is 7. The Labute approximate surface area is 126 Å².